The van der Waals surface area contributed by atoms with Gasteiger partial charge in [0.25, 0.3) is 0 Å². The van der Waals surface area contributed by atoms with E-state index in [4.69, 9.17) is 9.97 Å². The molecule has 4 heteroatoms. The van der Waals surface area contributed by atoms with Crippen molar-refractivity contribution >= 4 is 0 Å². The van der Waals surface area contributed by atoms with Crippen molar-refractivity contribution in [1.29, 1.82) is 0 Å². The largest absolute Gasteiger partial charge is 0.303 e. The minimum absolute atomic E-state index is 0.406. The summed E-state index contributed by atoms with van der Waals surface area (Å²) < 4.78 is 0. The molecule has 4 rings (SSSR count). The average molecular weight is 393 g/mol. The van der Waals surface area contributed by atoms with Crippen LogP contribution in [0.4, 0.5) is 0 Å². The van der Waals surface area contributed by atoms with Crippen LogP contribution in [-0.2, 0) is 0 Å². The van der Waals surface area contributed by atoms with E-state index in [2.05, 4.69) is 47.9 Å². The maximum atomic E-state index is 4.82. The second-order valence-electron chi connectivity index (χ2n) is 8.87. The highest BCUT2D eigenvalue weighted by molar-refractivity contribution is 5.25. The molecule has 0 radical (unpaired) electrons. The summed E-state index contributed by atoms with van der Waals surface area (Å²) in [6.07, 6.45) is 12.9. The average Bonchev–Trinajstić information content (AvgIpc) is 3.26. The molecule has 4 nitrogen and oxygen atoms in total. The molecule has 29 heavy (non-hydrogen) atoms. The van der Waals surface area contributed by atoms with Gasteiger partial charge in [-0.3, -0.25) is 14.9 Å². The van der Waals surface area contributed by atoms with E-state index in [9.17, 15) is 0 Å². The number of rotatable bonds is 7. The number of hydrogen-bond acceptors (Lipinski definition) is 4. The van der Waals surface area contributed by atoms with Gasteiger partial charge in [-0.1, -0.05) is 12.1 Å². The Balaban J connectivity index is 1.53. The van der Waals surface area contributed by atoms with Gasteiger partial charge in [-0.25, -0.2) is 0 Å². The molecule has 0 bridgehead atoms. The number of likely N-dealkylation sites (tertiary alicyclic amines) is 2. The van der Waals surface area contributed by atoms with Crippen LogP contribution in [0.1, 0.15) is 79.5 Å². The van der Waals surface area contributed by atoms with Crippen molar-refractivity contribution in [2.24, 2.45) is 0 Å². The fourth-order valence-corrected chi connectivity index (χ4v) is 5.28. The second kappa shape index (κ2) is 9.82. The third kappa shape index (κ3) is 4.87. The van der Waals surface area contributed by atoms with E-state index in [1.807, 2.05) is 12.4 Å². The molecule has 0 N–H and O–H groups in total. The van der Waals surface area contributed by atoms with Crippen LogP contribution in [0, 0.1) is 13.8 Å². The highest BCUT2D eigenvalue weighted by atomic mass is 15.2. The van der Waals surface area contributed by atoms with Crippen LogP contribution in [-0.4, -0.2) is 45.9 Å². The Kier molecular flexibility index (Phi) is 6.94. The minimum atomic E-state index is 0.406. The molecular weight excluding hydrogens is 356 g/mol. The van der Waals surface area contributed by atoms with Gasteiger partial charge >= 0.3 is 0 Å². The number of hydrogen-bond donors (Lipinski definition) is 0. The smallest absolute Gasteiger partial charge is 0.0604 e. The minimum Gasteiger partial charge on any atom is -0.303 e. The summed E-state index contributed by atoms with van der Waals surface area (Å²) in [5.41, 5.74) is 5.17. The summed E-state index contributed by atoms with van der Waals surface area (Å²) in [7, 11) is 0. The van der Waals surface area contributed by atoms with Gasteiger partial charge in [0.05, 0.1) is 23.5 Å². The summed E-state index contributed by atoms with van der Waals surface area (Å²) >= 11 is 0. The molecule has 0 unspecified atom stereocenters. The Hall–Kier alpha value is -1.78. The van der Waals surface area contributed by atoms with Gasteiger partial charge in [0, 0.05) is 12.4 Å². The highest BCUT2D eigenvalue weighted by Gasteiger charge is 2.34. The van der Waals surface area contributed by atoms with Crippen LogP contribution in [0.2, 0.25) is 0 Å². The third-order valence-corrected chi connectivity index (χ3v) is 6.83. The van der Waals surface area contributed by atoms with Crippen molar-refractivity contribution in [3.8, 4) is 0 Å². The predicted octanol–water partition coefficient (Wildman–Crippen LogP) is 5.24. The molecule has 0 saturated carbocycles. The maximum absolute atomic E-state index is 4.82. The number of piperidine rings is 1. The van der Waals surface area contributed by atoms with Gasteiger partial charge in [-0.2, -0.15) is 0 Å². The standard InChI is InChI=1S/C25H36N4/c1-20-10-8-14-26-24(20)22-12-7-13-23(25-21(2)11-9-15-27-25)29(22)19-6-5-18-28-16-3-4-17-28/h8-11,14-15,22-23H,3-7,12-13,16-19H2,1-2H3/t22-,23+. The van der Waals surface area contributed by atoms with Crippen LogP contribution in [0.15, 0.2) is 36.7 Å². The van der Waals surface area contributed by atoms with Crippen molar-refractivity contribution in [1.82, 2.24) is 19.8 Å². The number of pyridine rings is 2. The van der Waals surface area contributed by atoms with Crippen LogP contribution < -0.4 is 0 Å². The topological polar surface area (TPSA) is 32.3 Å². The number of aromatic nitrogens is 2. The number of aryl methyl sites for hydroxylation is 2. The lowest BCUT2D eigenvalue weighted by Crippen LogP contribution is -2.38. The van der Waals surface area contributed by atoms with Gasteiger partial charge in [-0.05, 0) is 108 Å². The quantitative estimate of drug-likeness (QED) is 0.603. The van der Waals surface area contributed by atoms with Crippen molar-refractivity contribution in [2.75, 3.05) is 26.2 Å². The summed E-state index contributed by atoms with van der Waals surface area (Å²) in [5.74, 6) is 0. The molecule has 2 atom stereocenters. The molecule has 2 saturated heterocycles. The fraction of sp³-hybridized carbons (Fsp3) is 0.600. The molecule has 2 aromatic heterocycles. The van der Waals surface area contributed by atoms with Gasteiger partial charge in [-0.15, -0.1) is 0 Å². The lowest BCUT2D eigenvalue weighted by molar-refractivity contribution is 0.0734. The zero-order valence-corrected chi connectivity index (χ0v) is 18.2. The molecule has 2 aliphatic heterocycles. The SMILES string of the molecule is Cc1cccnc1[C@H]1CCC[C@@H](c2ncccc2C)N1CCCCN1CCCC1. The van der Waals surface area contributed by atoms with Gasteiger partial charge in [0.2, 0.25) is 0 Å². The van der Waals surface area contributed by atoms with Crippen molar-refractivity contribution < 1.29 is 0 Å². The van der Waals surface area contributed by atoms with Crippen molar-refractivity contribution in [2.45, 2.75) is 70.9 Å². The van der Waals surface area contributed by atoms with Crippen molar-refractivity contribution in [3.63, 3.8) is 0 Å². The first-order valence-electron chi connectivity index (χ1n) is 11.5. The molecule has 0 aliphatic carbocycles. The normalized spacial score (nSPS) is 23.5. The van der Waals surface area contributed by atoms with E-state index in [1.54, 1.807) is 0 Å². The molecule has 4 heterocycles. The first-order valence-corrected chi connectivity index (χ1v) is 11.5. The Bertz CT molecular complexity index is 730. The highest BCUT2D eigenvalue weighted by Crippen LogP contribution is 2.42. The zero-order chi connectivity index (χ0) is 20.1. The van der Waals surface area contributed by atoms with E-state index in [0.717, 1.165) is 6.54 Å². The maximum Gasteiger partial charge on any atom is 0.0604 e. The molecule has 0 aromatic carbocycles. The molecule has 0 amide bonds. The molecule has 2 aromatic rings. The van der Waals surface area contributed by atoms with Gasteiger partial charge in [0.15, 0.2) is 0 Å². The lowest BCUT2D eigenvalue weighted by Gasteiger charge is -2.42. The summed E-state index contributed by atoms with van der Waals surface area (Å²) in [4.78, 5) is 15.0. The zero-order valence-electron chi connectivity index (χ0n) is 18.2. The van der Waals surface area contributed by atoms with Crippen LogP contribution in [0.5, 0.6) is 0 Å². The molecule has 0 spiro atoms. The Morgan fingerprint density at radius 3 is 1.90 bits per heavy atom. The molecule has 2 fully saturated rings. The number of unbranched alkanes of at least 4 members (excludes halogenated alkanes) is 1. The summed E-state index contributed by atoms with van der Waals surface area (Å²) in [5, 5.41) is 0. The molecular formula is C25H36N4. The van der Waals surface area contributed by atoms with Gasteiger partial charge in [0.1, 0.15) is 0 Å². The third-order valence-electron chi connectivity index (χ3n) is 6.83. The predicted molar refractivity (Wildman–Crippen MR) is 119 cm³/mol. The fourth-order valence-electron chi connectivity index (χ4n) is 5.28. The Morgan fingerprint density at radius 1 is 0.793 bits per heavy atom. The van der Waals surface area contributed by atoms with Gasteiger partial charge < -0.3 is 4.90 Å². The lowest BCUT2D eigenvalue weighted by atomic mass is 9.88. The summed E-state index contributed by atoms with van der Waals surface area (Å²) in [6, 6.07) is 9.35. The molecule has 156 valence electrons. The monoisotopic (exact) mass is 392 g/mol. The van der Waals surface area contributed by atoms with E-state index in [0.29, 0.717) is 12.1 Å². The summed E-state index contributed by atoms with van der Waals surface area (Å²) in [6.45, 7) is 9.42. The van der Waals surface area contributed by atoms with E-state index >= 15 is 0 Å². The first kappa shape index (κ1) is 20.5. The number of nitrogens with zero attached hydrogens (tertiary/aromatic N) is 4. The van der Waals surface area contributed by atoms with E-state index in [-0.39, 0.29) is 0 Å². The van der Waals surface area contributed by atoms with Crippen LogP contribution in [0.3, 0.4) is 0 Å². The van der Waals surface area contributed by atoms with E-state index in [1.165, 1.54) is 87.1 Å². The second-order valence-corrected chi connectivity index (χ2v) is 8.87. The Morgan fingerprint density at radius 2 is 1.34 bits per heavy atom. The van der Waals surface area contributed by atoms with Crippen LogP contribution >= 0.6 is 0 Å². The van der Waals surface area contributed by atoms with Crippen LogP contribution in [0.25, 0.3) is 0 Å². The molecule has 2 aliphatic rings. The van der Waals surface area contributed by atoms with Crippen molar-refractivity contribution in [3.05, 3.63) is 59.2 Å². The van der Waals surface area contributed by atoms with E-state index < -0.39 is 0 Å². The Labute approximate surface area is 176 Å². The first-order chi connectivity index (χ1) is 14.2.